The topological polar surface area (TPSA) is 103 Å². The van der Waals surface area contributed by atoms with Crippen molar-refractivity contribution >= 4 is 47.0 Å². The lowest BCUT2D eigenvalue weighted by molar-refractivity contribution is -0.127. The maximum absolute atomic E-state index is 13.7. The fourth-order valence-electron chi connectivity index (χ4n) is 5.05. The Kier molecular flexibility index (Phi) is 8.36. The summed E-state index contributed by atoms with van der Waals surface area (Å²) < 4.78 is 49.9. The summed E-state index contributed by atoms with van der Waals surface area (Å²) in [5.41, 5.74) is 14.7. The summed E-state index contributed by atoms with van der Waals surface area (Å²) in [4.78, 5) is 4.54. The molecule has 1 saturated carbocycles. The number of benzene rings is 1. The highest BCUT2D eigenvalue weighted by molar-refractivity contribution is 9.10. The molecule has 0 radical (unpaired) electrons. The summed E-state index contributed by atoms with van der Waals surface area (Å²) in [5.74, 6) is 0.452. The predicted octanol–water partition coefficient (Wildman–Crippen LogP) is 7.94. The van der Waals surface area contributed by atoms with Crippen LogP contribution in [0.2, 0.25) is 18.1 Å². The minimum Gasteiger partial charge on any atom is -0.543 e. The van der Waals surface area contributed by atoms with Gasteiger partial charge in [-0.2, -0.15) is 18.3 Å². The van der Waals surface area contributed by atoms with Crippen LogP contribution in [0.5, 0.6) is 5.75 Å². The minimum absolute atomic E-state index is 0.00791. The maximum atomic E-state index is 13.7. The molecule has 1 aliphatic carbocycles. The molecule has 12 heteroatoms. The van der Waals surface area contributed by atoms with Crippen LogP contribution in [-0.4, -0.2) is 41.5 Å². The molecule has 0 unspecified atom stereocenters. The van der Waals surface area contributed by atoms with Gasteiger partial charge in [0.15, 0.2) is 0 Å². The van der Waals surface area contributed by atoms with Crippen molar-refractivity contribution in [2.24, 2.45) is 21.9 Å². The van der Waals surface area contributed by atoms with Crippen LogP contribution in [0.15, 0.2) is 46.1 Å². The summed E-state index contributed by atoms with van der Waals surface area (Å²) in [6.45, 7) is 16.7. The zero-order valence-electron chi connectivity index (χ0n) is 25.6. The van der Waals surface area contributed by atoms with E-state index < -0.39 is 20.9 Å². The number of nitrogens with zero attached hydrogens (tertiary/aromatic N) is 3. The molecular weight excluding hydrogens is 625 g/mol. The third-order valence-corrected chi connectivity index (χ3v) is 14.1. The second-order valence-electron chi connectivity index (χ2n) is 13.7. The fraction of sp³-hybridized carbons (Fsp3) is 0.533. The van der Waals surface area contributed by atoms with Gasteiger partial charge in [-0.3, -0.25) is 0 Å². The van der Waals surface area contributed by atoms with Crippen molar-refractivity contribution < 1.29 is 17.6 Å². The van der Waals surface area contributed by atoms with Crippen molar-refractivity contribution in [2.75, 3.05) is 5.32 Å². The lowest BCUT2D eigenvalue weighted by Crippen LogP contribution is -2.51. The van der Waals surface area contributed by atoms with Gasteiger partial charge in [0.2, 0.25) is 8.32 Å². The number of hydrogen-bond acceptors (Lipinski definition) is 5. The van der Waals surface area contributed by atoms with Gasteiger partial charge in [0.25, 0.3) is 0 Å². The van der Waals surface area contributed by atoms with Gasteiger partial charge < -0.3 is 21.2 Å². The van der Waals surface area contributed by atoms with Gasteiger partial charge in [-0.1, -0.05) is 34.6 Å². The number of anilines is 1. The van der Waals surface area contributed by atoms with Crippen molar-refractivity contribution in [3.8, 4) is 5.75 Å². The van der Waals surface area contributed by atoms with Crippen LogP contribution >= 0.6 is 15.9 Å². The molecule has 0 aliphatic heterocycles. The molecule has 3 aromatic rings. The molecule has 7 nitrogen and oxygen atoms in total. The Balaban J connectivity index is 1.79. The molecule has 230 valence electrons. The minimum atomic E-state index is -4.44. The average Bonchev–Trinajstić information content (AvgIpc) is 3.30. The second kappa shape index (κ2) is 10.9. The molecule has 4 rings (SSSR count). The number of aromatic nitrogens is 2. The average molecular weight is 668 g/mol. The number of rotatable bonds is 7. The molecule has 42 heavy (non-hydrogen) atoms. The van der Waals surface area contributed by atoms with Crippen LogP contribution in [-0.2, 0) is 6.42 Å². The first kappa shape index (κ1) is 32.3. The summed E-state index contributed by atoms with van der Waals surface area (Å²) in [6.07, 6.45) is -0.503. The third-order valence-electron chi connectivity index (χ3n) is 9.36. The van der Waals surface area contributed by atoms with Crippen molar-refractivity contribution in [3.63, 3.8) is 0 Å². The molecule has 0 spiro atoms. The number of fused-ring (bicyclic) bond motifs is 1. The maximum Gasteiger partial charge on any atom is 0.393 e. The van der Waals surface area contributed by atoms with Crippen molar-refractivity contribution in [1.82, 2.24) is 9.61 Å². The van der Waals surface area contributed by atoms with E-state index in [2.05, 4.69) is 86.0 Å². The SMILES string of the molecule is CC1(C)[C@H](Nc2c(C(N)=Nc3ccc(O[Si](C)(C)C(C)(C)C)cc3CC(F)(F)F)cnn3cc(Br)cc23)CC[C@]1(C)N. The largest absolute Gasteiger partial charge is 0.543 e. The summed E-state index contributed by atoms with van der Waals surface area (Å²) in [7, 11) is -2.27. The van der Waals surface area contributed by atoms with E-state index in [4.69, 9.17) is 15.9 Å². The van der Waals surface area contributed by atoms with E-state index in [1.165, 1.54) is 6.07 Å². The van der Waals surface area contributed by atoms with Crippen LogP contribution < -0.4 is 21.2 Å². The number of halogens is 4. The number of hydrogen-bond donors (Lipinski definition) is 3. The first-order valence-electron chi connectivity index (χ1n) is 14.1. The smallest absolute Gasteiger partial charge is 0.393 e. The Bertz CT molecular complexity index is 1510. The van der Waals surface area contributed by atoms with Crippen LogP contribution in [0.25, 0.3) is 5.52 Å². The predicted molar refractivity (Wildman–Crippen MR) is 170 cm³/mol. The highest BCUT2D eigenvalue weighted by Crippen LogP contribution is 2.46. The highest BCUT2D eigenvalue weighted by Gasteiger charge is 2.49. The molecule has 0 saturated heterocycles. The van der Waals surface area contributed by atoms with Crippen molar-refractivity contribution in [2.45, 2.75) is 96.7 Å². The van der Waals surface area contributed by atoms with E-state index in [1.807, 2.05) is 12.3 Å². The number of nitrogens with one attached hydrogen (secondary N) is 1. The first-order valence-corrected chi connectivity index (χ1v) is 17.8. The monoisotopic (exact) mass is 666 g/mol. The highest BCUT2D eigenvalue weighted by atomic mass is 79.9. The van der Waals surface area contributed by atoms with Crippen molar-refractivity contribution in [1.29, 1.82) is 0 Å². The summed E-state index contributed by atoms with van der Waals surface area (Å²) in [6, 6.07) is 6.58. The standard InChI is InChI=1S/C30H42BrF3N6OSi/c1-27(2,3)42(7,8)41-20-9-10-22(18(13-20)15-30(32,33)34)38-26(35)21-16-37-40-17-19(31)14-23(40)25(21)39-24-11-12-29(6,36)28(24,4)5/h9-10,13-14,16-17,24,39H,11-12,15,36H2,1-8H3,(H2,35,38)/t24-,29+/m1/s1. The van der Waals surface area contributed by atoms with E-state index in [9.17, 15) is 13.2 Å². The number of alkyl halides is 3. The van der Waals surface area contributed by atoms with E-state index in [0.717, 1.165) is 22.8 Å². The molecular formula is C30H42BrF3N6OSi. The number of nitrogens with two attached hydrogens (primary N) is 2. The summed E-state index contributed by atoms with van der Waals surface area (Å²) in [5, 5.41) is 8.04. The quantitative estimate of drug-likeness (QED) is 0.135. The van der Waals surface area contributed by atoms with E-state index >= 15 is 0 Å². The Morgan fingerprint density at radius 3 is 2.45 bits per heavy atom. The van der Waals surface area contributed by atoms with E-state index in [0.29, 0.717) is 17.0 Å². The zero-order chi connectivity index (χ0) is 31.5. The van der Waals surface area contributed by atoms with Crippen LogP contribution in [0.1, 0.15) is 65.5 Å². The lowest BCUT2D eigenvalue weighted by Gasteiger charge is -2.39. The molecule has 2 atom stereocenters. The van der Waals surface area contributed by atoms with Gasteiger partial charge in [0.1, 0.15) is 11.6 Å². The lowest BCUT2D eigenvalue weighted by atomic mass is 9.75. The molecule has 1 aromatic carbocycles. The third kappa shape index (κ3) is 6.50. The molecule has 5 N–H and O–H groups in total. The normalized spacial score (nSPS) is 21.6. The molecule has 0 bridgehead atoms. The van der Waals surface area contributed by atoms with Gasteiger partial charge in [-0.15, -0.1) is 0 Å². The van der Waals surface area contributed by atoms with E-state index in [1.54, 1.807) is 22.8 Å². The van der Waals surface area contributed by atoms with Crippen molar-refractivity contribution in [3.05, 3.63) is 52.3 Å². The molecule has 2 aromatic heterocycles. The molecule has 2 heterocycles. The molecule has 1 aliphatic rings. The number of amidine groups is 1. The molecule has 1 fully saturated rings. The van der Waals surface area contributed by atoms with Gasteiger partial charge in [-0.25, -0.2) is 9.51 Å². The van der Waals surface area contributed by atoms with E-state index in [-0.39, 0.29) is 39.1 Å². The summed E-state index contributed by atoms with van der Waals surface area (Å²) >= 11 is 3.52. The van der Waals surface area contributed by atoms with Gasteiger partial charge in [0.05, 0.1) is 35.1 Å². The second-order valence-corrected chi connectivity index (χ2v) is 19.4. The Morgan fingerprint density at radius 1 is 1.21 bits per heavy atom. The zero-order valence-corrected chi connectivity index (χ0v) is 28.2. The molecule has 0 amide bonds. The van der Waals surface area contributed by atoms with Gasteiger partial charge >= 0.3 is 6.18 Å². The van der Waals surface area contributed by atoms with Crippen LogP contribution in [0.3, 0.4) is 0 Å². The first-order chi connectivity index (χ1) is 19.1. The van der Waals surface area contributed by atoms with Gasteiger partial charge in [-0.05, 0) is 83.7 Å². The fourth-order valence-corrected chi connectivity index (χ4v) is 6.49. The Labute approximate surface area is 255 Å². The van der Waals surface area contributed by atoms with Gasteiger partial charge in [0, 0.05) is 27.7 Å². The Morgan fingerprint density at radius 2 is 1.88 bits per heavy atom. The number of aliphatic imine (C=N–C) groups is 1. The van der Waals surface area contributed by atoms with Crippen LogP contribution in [0, 0.1) is 5.41 Å². The Hall–Kier alpha value is -2.57. The van der Waals surface area contributed by atoms with Crippen LogP contribution in [0.4, 0.5) is 24.5 Å².